The topological polar surface area (TPSA) is 55.2 Å². The minimum absolute atomic E-state index is 0.213. The molecule has 0 unspecified atom stereocenters. The molecule has 0 saturated carbocycles. The van der Waals surface area contributed by atoms with Gasteiger partial charge in [-0.15, -0.1) is 0 Å². The first-order valence-corrected chi connectivity index (χ1v) is 4.11. The number of hydrogen-bond donors (Lipinski definition) is 1. The molecule has 0 aliphatic carbocycles. The molecule has 1 aromatic rings. The molecule has 0 spiro atoms. The first-order chi connectivity index (χ1) is 5.97. The molecule has 1 N–H and O–H groups in total. The fourth-order valence-electron chi connectivity index (χ4n) is 0.706. The molecule has 1 aromatic heterocycles. The van der Waals surface area contributed by atoms with E-state index in [1.54, 1.807) is 26.2 Å². The molecule has 4 heteroatoms. The molecular weight excluding hydrogens is 168 g/mol. The number of aromatic nitrogens is 2. The Morgan fingerprint density at radius 3 is 2.54 bits per heavy atom. The Bertz CT molecular complexity index is 264. The third-order valence-electron chi connectivity index (χ3n) is 1.33. The van der Waals surface area contributed by atoms with Crippen molar-refractivity contribution in [2.45, 2.75) is 26.4 Å². The molecule has 1 rings (SSSR count). The summed E-state index contributed by atoms with van der Waals surface area (Å²) in [6.07, 6.45) is 3.17. The maximum Gasteiger partial charge on any atom is 0.232 e. The van der Waals surface area contributed by atoms with Crippen LogP contribution in [0.4, 0.5) is 0 Å². The molecule has 0 aliphatic rings. The monoisotopic (exact) mass is 182 g/mol. The van der Waals surface area contributed by atoms with E-state index in [1.165, 1.54) is 0 Å². The second-order valence-corrected chi connectivity index (χ2v) is 3.60. The van der Waals surface area contributed by atoms with Crippen LogP contribution < -0.4 is 4.74 Å². The van der Waals surface area contributed by atoms with Gasteiger partial charge in [0.2, 0.25) is 5.88 Å². The minimum atomic E-state index is -0.841. The Hall–Kier alpha value is -1.16. The summed E-state index contributed by atoms with van der Waals surface area (Å²) in [6, 6.07) is 0. The van der Waals surface area contributed by atoms with Crippen molar-refractivity contribution in [2.75, 3.05) is 6.61 Å². The Morgan fingerprint density at radius 1 is 1.38 bits per heavy atom. The maximum absolute atomic E-state index is 9.36. The zero-order chi connectivity index (χ0) is 9.90. The molecule has 0 radical (unpaired) electrons. The number of ether oxygens (including phenoxy) is 1. The largest absolute Gasteiger partial charge is 0.474 e. The smallest absolute Gasteiger partial charge is 0.232 e. The van der Waals surface area contributed by atoms with Crippen molar-refractivity contribution in [3.05, 3.63) is 18.1 Å². The second-order valence-electron chi connectivity index (χ2n) is 3.60. The first kappa shape index (κ1) is 9.92. The standard InChI is InChI=1S/C9H14N2O2/c1-7-4-11-8(5-10-7)13-6-9(2,3)12/h4-5,12H,6H2,1-3H3. The second kappa shape index (κ2) is 3.70. The molecular formula is C9H14N2O2. The lowest BCUT2D eigenvalue weighted by atomic mass is 10.2. The van der Waals surface area contributed by atoms with Crippen molar-refractivity contribution in [3.63, 3.8) is 0 Å². The van der Waals surface area contributed by atoms with E-state index in [9.17, 15) is 5.11 Å². The lowest BCUT2D eigenvalue weighted by Crippen LogP contribution is -2.28. The van der Waals surface area contributed by atoms with Crippen LogP contribution in [0.2, 0.25) is 0 Å². The van der Waals surface area contributed by atoms with Crippen molar-refractivity contribution < 1.29 is 9.84 Å². The predicted octanol–water partition coefficient (Wildman–Crippen LogP) is 0.935. The van der Waals surface area contributed by atoms with Crippen LogP contribution in [-0.4, -0.2) is 27.3 Å². The molecule has 0 saturated heterocycles. The molecule has 0 aliphatic heterocycles. The SMILES string of the molecule is Cc1cnc(OCC(C)(C)O)cn1. The van der Waals surface area contributed by atoms with Crippen LogP contribution in [0.5, 0.6) is 5.88 Å². The molecule has 0 bridgehead atoms. The lowest BCUT2D eigenvalue weighted by Gasteiger charge is -2.16. The van der Waals surface area contributed by atoms with Crippen LogP contribution in [0.15, 0.2) is 12.4 Å². The number of hydrogen-bond acceptors (Lipinski definition) is 4. The van der Waals surface area contributed by atoms with Gasteiger partial charge in [-0.1, -0.05) is 0 Å². The third kappa shape index (κ3) is 3.85. The van der Waals surface area contributed by atoms with Crippen molar-refractivity contribution in [1.82, 2.24) is 9.97 Å². The molecule has 4 nitrogen and oxygen atoms in total. The number of rotatable bonds is 3. The molecule has 0 atom stereocenters. The van der Waals surface area contributed by atoms with Gasteiger partial charge in [0, 0.05) is 0 Å². The van der Waals surface area contributed by atoms with Gasteiger partial charge in [0.1, 0.15) is 6.61 Å². The summed E-state index contributed by atoms with van der Waals surface area (Å²) in [5.74, 6) is 0.438. The summed E-state index contributed by atoms with van der Waals surface area (Å²) in [7, 11) is 0. The van der Waals surface area contributed by atoms with Crippen molar-refractivity contribution in [2.24, 2.45) is 0 Å². The van der Waals surface area contributed by atoms with Crippen LogP contribution in [0.3, 0.4) is 0 Å². The Labute approximate surface area is 77.6 Å². The lowest BCUT2D eigenvalue weighted by molar-refractivity contribution is 0.0267. The van der Waals surface area contributed by atoms with E-state index in [-0.39, 0.29) is 6.61 Å². The van der Waals surface area contributed by atoms with E-state index in [0.29, 0.717) is 5.88 Å². The van der Waals surface area contributed by atoms with Crippen LogP contribution in [0, 0.1) is 6.92 Å². The zero-order valence-electron chi connectivity index (χ0n) is 8.11. The fourth-order valence-corrected chi connectivity index (χ4v) is 0.706. The fraction of sp³-hybridized carbons (Fsp3) is 0.556. The summed E-state index contributed by atoms with van der Waals surface area (Å²) in [5, 5.41) is 9.36. The van der Waals surface area contributed by atoms with Gasteiger partial charge in [-0.05, 0) is 20.8 Å². The molecule has 0 aromatic carbocycles. The van der Waals surface area contributed by atoms with E-state index < -0.39 is 5.60 Å². The quantitative estimate of drug-likeness (QED) is 0.755. The van der Waals surface area contributed by atoms with E-state index >= 15 is 0 Å². The van der Waals surface area contributed by atoms with Crippen molar-refractivity contribution >= 4 is 0 Å². The van der Waals surface area contributed by atoms with Crippen LogP contribution >= 0.6 is 0 Å². The number of aryl methyl sites for hydroxylation is 1. The van der Waals surface area contributed by atoms with E-state index in [1.807, 2.05) is 6.92 Å². The highest BCUT2D eigenvalue weighted by atomic mass is 16.5. The van der Waals surface area contributed by atoms with Crippen molar-refractivity contribution in [3.8, 4) is 5.88 Å². The first-order valence-electron chi connectivity index (χ1n) is 4.11. The summed E-state index contributed by atoms with van der Waals surface area (Å²) < 4.78 is 5.20. The molecule has 13 heavy (non-hydrogen) atoms. The highest BCUT2D eigenvalue weighted by molar-refractivity contribution is 5.06. The van der Waals surface area contributed by atoms with Gasteiger partial charge in [0.15, 0.2) is 0 Å². The highest BCUT2D eigenvalue weighted by Crippen LogP contribution is 2.07. The summed E-state index contributed by atoms with van der Waals surface area (Å²) in [6.45, 7) is 5.42. The molecule has 0 fully saturated rings. The van der Waals surface area contributed by atoms with Crippen LogP contribution in [0.1, 0.15) is 19.5 Å². The predicted molar refractivity (Wildman–Crippen MR) is 48.6 cm³/mol. The Morgan fingerprint density at radius 2 is 2.08 bits per heavy atom. The zero-order valence-corrected chi connectivity index (χ0v) is 8.11. The third-order valence-corrected chi connectivity index (χ3v) is 1.33. The van der Waals surface area contributed by atoms with Gasteiger partial charge in [0.05, 0.1) is 23.7 Å². The average molecular weight is 182 g/mol. The van der Waals surface area contributed by atoms with E-state index in [4.69, 9.17) is 4.74 Å². The summed E-state index contributed by atoms with van der Waals surface area (Å²) in [4.78, 5) is 8.00. The average Bonchev–Trinajstić information content (AvgIpc) is 2.02. The van der Waals surface area contributed by atoms with E-state index in [0.717, 1.165) is 5.69 Å². The van der Waals surface area contributed by atoms with Crippen LogP contribution in [0.25, 0.3) is 0 Å². The summed E-state index contributed by atoms with van der Waals surface area (Å²) >= 11 is 0. The van der Waals surface area contributed by atoms with E-state index in [2.05, 4.69) is 9.97 Å². The highest BCUT2D eigenvalue weighted by Gasteiger charge is 2.13. The molecule has 1 heterocycles. The number of nitrogens with zero attached hydrogens (tertiary/aromatic N) is 2. The van der Waals surface area contributed by atoms with Gasteiger partial charge in [0.25, 0.3) is 0 Å². The van der Waals surface area contributed by atoms with Crippen LogP contribution in [-0.2, 0) is 0 Å². The normalized spacial score (nSPS) is 11.4. The molecule has 72 valence electrons. The summed E-state index contributed by atoms with van der Waals surface area (Å²) in [5.41, 5.74) is 0.00245. The number of aliphatic hydroxyl groups is 1. The van der Waals surface area contributed by atoms with Gasteiger partial charge in [-0.25, -0.2) is 4.98 Å². The molecule has 0 amide bonds. The Balaban J connectivity index is 2.51. The van der Waals surface area contributed by atoms with Gasteiger partial charge >= 0.3 is 0 Å². The maximum atomic E-state index is 9.36. The van der Waals surface area contributed by atoms with Gasteiger partial charge in [-0.2, -0.15) is 0 Å². The van der Waals surface area contributed by atoms with Gasteiger partial charge in [-0.3, -0.25) is 4.98 Å². The minimum Gasteiger partial charge on any atom is -0.474 e. The van der Waals surface area contributed by atoms with Gasteiger partial charge < -0.3 is 9.84 Å². The van der Waals surface area contributed by atoms with Crippen molar-refractivity contribution in [1.29, 1.82) is 0 Å². The Kier molecular flexibility index (Phi) is 2.83.